The number of rotatable bonds is 3. The van der Waals surface area contributed by atoms with E-state index >= 15 is 0 Å². The quantitative estimate of drug-likeness (QED) is 0.837. The summed E-state index contributed by atoms with van der Waals surface area (Å²) in [6, 6.07) is 7.70. The number of halogens is 1. The lowest BCUT2D eigenvalue weighted by Gasteiger charge is -2.33. The third-order valence-electron chi connectivity index (χ3n) is 2.97. The lowest BCUT2D eigenvalue weighted by Crippen LogP contribution is -2.50. The summed E-state index contributed by atoms with van der Waals surface area (Å²) in [5.74, 6) is 0.0525. The summed E-state index contributed by atoms with van der Waals surface area (Å²) in [4.78, 5) is 13.5. The molecule has 1 unspecified atom stereocenters. The molecule has 1 aliphatic heterocycles. The third kappa shape index (κ3) is 2.97. The molecule has 4 nitrogen and oxygen atoms in total. The molecule has 1 saturated heterocycles. The average molecular weight is 254 g/mol. The number of carbonyl (C=O) groups is 1. The zero-order valence-corrected chi connectivity index (χ0v) is 10.3. The minimum absolute atomic E-state index is 0.0525. The molecular formula is C12H16ClN3O. The second-order valence-corrected chi connectivity index (χ2v) is 4.56. The van der Waals surface area contributed by atoms with Gasteiger partial charge in [-0.15, -0.1) is 0 Å². The molecule has 0 aliphatic carbocycles. The predicted molar refractivity (Wildman–Crippen MR) is 67.8 cm³/mol. The fourth-order valence-electron chi connectivity index (χ4n) is 2.13. The lowest BCUT2D eigenvalue weighted by atomic mass is 10.0. The maximum absolute atomic E-state index is 11.4. The highest BCUT2D eigenvalue weighted by atomic mass is 35.5. The number of hydrogen-bond acceptors (Lipinski definition) is 3. The Bertz CT molecular complexity index is 410. The molecule has 1 aromatic rings. The average Bonchev–Trinajstić information content (AvgIpc) is 2.30. The second kappa shape index (κ2) is 5.49. The van der Waals surface area contributed by atoms with Gasteiger partial charge in [0.05, 0.1) is 6.54 Å². The van der Waals surface area contributed by atoms with E-state index in [2.05, 4.69) is 10.2 Å². The van der Waals surface area contributed by atoms with Crippen LogP contribution in [0.3, 0.4) is 0 Å². The van der Waals surface area contributed by atoms with Gasteiger partial charge in [-0.3, -0.25) is 9.69 Å². The zero-order valence-electron chi connectivity index (χ0n) is 9.53. The summed E-state index contributed by atoms with van der Waals surface area (Å²) in [5.41, 5.74) is 6.88. The molecular weight excluding hydrogens is 238 g/mol. The first-order chi connectivity index (χ1) is 8.20. The molecule has 1 amide bonds. The van der Waals surface area contributed by atoms with Gasteiger partial charge < -0.3 is 11.1 Å². The minimum Gasteiger partial charge on any atom is -0.354 e. The van der Waals surface area contributed by atoms with Crippen molar-refractivity contribution in [2.45, 2.75) is 6.04 Å². The lowest BCUT2D eigenvalue weighted by molar-refractivity contribution is -0.124. The van der Waals surface area contributed by atoms with E-state index in [0.717, 1.165) is 12.1 Å². The number of hydrogen-bond donors (Lipinski definition) is 2. The Kier molecular flexibility index (Phi) is 3.99. The van der Waals surface area contributed by atoms with E-state index in [9.17, 15) is 4.79 Å². The molecule has 1 atom stereocenters. The van der Waals surface area contributed by atoms with Crippen LogP contribution in [0.25, 0.3) is 0 Å². The van der Waals surface area contributed by atoms with Crippen LogP contribution in [0.2, 0.25) is 5.02 Å². The van der Waals surface area contributed by atoms with Crippen LogP contribution in [0.15, 0.2) is 24.3 Å². The smallest absolute Gasteiger partial charge is 0.234 e. The molecule has 1 fully saturated rings. The van der Waals surface area contributed by atoms with Gasteiger partial charge in [-0.1, -0.05) is 23.7 Å². The van der Waals surface area contributed by atoms with Crippen molar-refractivity contribution in [3.05, 3.63) is 34.9 Å². The summed E-state index contributed by atoms with van der Waals surface area (Å²) in [6.45, 7) is 2.37. The van der Waals surface area contributed by atoms with Gasteiger partial charge in [0.25, 0.3) is 0 Å². The van der Waals surface area contributed by atoms with Gasteiger partial charge in [0, 0.05) is 30.7 Å². The van der Waals surface area contributed by atoms with Crippen molar-refractivity contribution >= 4 is 17.5 Å². The van der Waals surface area contributed by atoms with Crippen LogP contribution in [0.4, 0.5) is 0 Å². The summed E-state index contributed by atoms with van der Waals surface area (Å²) < 4.78 is 0. The number of nitrogens with one attached hydrogen (secondary N) is 1. The number of piperazine rings is 1. The molecule has 1 aliphatic rings. The molecule has 0 aromatic heterocycles. The fourth-order valence-corrected chi connectivity index (χ4v) is 2.33. The maximum Gasteiger partial charge on any atom is 0.234 e. The Morgan fingerprint density at radius 2 is 2.35 bits per heavy atom. The van der Waals surface area contributed by atoms with E-state index in [1.54, 1.807) is 0 Å². The number of amides is 1. The van der Waals surface area contributed by atoms with Crippen LogP contribution >= 0.6 is 11.6 Å². The van der Waals surface area contributed by atoms with Gasteiger partial charge in [0.2, 0.25) is 5.91 Å². The Hall–Kier alpha value is -1.10. The van der Waals surface area contributed by atoms with E-state index in [0.29, 0.717) is 24.7 Å². The third-order valence-corrected chi connectivity index (χ3v) is 3.20. The molecule has 0 bridgehead atoms. The molecule has 1 heterocycles. The molecule has 17 heavy (non-hydrogen) atoms. The van der Waals surface area contributed by atoms with Crippen molar-refractivity contribution in [1.29, 1.82) is 0 Å². The van der Waals surface area contributed by atoms with Gasteiger partial charge in [-0.25, -0.2) is 0 Å². The first-order valence-electron chi connectivity index (χ1n) is 5.67. The standard InChI is InChI=1S/C12H16ClN3O/c13-10-3-1-2-9(6-10)11(7-14)16-5-4-15-12(17)8-16/h1-3,6,11H,4-5,7-8,14H2,(H,15,17). The van der Waals surface area contributed by atoms with Crippen LogP contribution < -0.4 is 11.1 Å². The SMILES string of the molecule is NCC(c1cccc(Cl)c1)N1CCNC(=O)C1. The van der Waals surface area contributed by atoms with Crippen LogP contribution in [-0.4, -0.2) is 37.0 Å². The van der Waals surface area contributed by atoms with Crippen molar-refractivity contribution in [2.24, 2.45) is 5.73 Å². The maximum atomic E-state index is 11.4. The van der Waals surface area contributed by atoms with E-state index in [4.69, 9.17) is 17.3 Å². The molecule has 1 aromatic carbocycles. The Morgan fingerprint density at radius 1 is 1.53 bits per heavy atom. The van der Waals surface area contributed by atoms with Crippen molar-refractivity contribution < 1.29 is 4.79 Å². The van der Waals surface area contributed by atoms with Crippen molar-refractivity contribution in [3.63, 3.8) is 0 Å². The first kappa shape index (κ1) is 12.4. The first-order valence-corrected chi connectivity index (χ1v) is 6.05. The van der Waals surface area contributed by atoms with E-state index in [1.165, 1.54) is 0 Å². The molecule has 0 radical (unpaired) electrons. The molecule has 5 heteroatoms. The molecule has 2 rings (SSSR count). The molecule has 0 spiro atoms. The summed E-state index contributed by atoms with van der Waals surface area (Å²) >= 11 is 5.97. The van der Waals surface area contributed by atoms with Gasteiger partial charge >= 0.3 is 0 Å². The highest BCUT2D eigenvalue weighted by molar-refractivity contribution is 6.30. The van der Waals surface area contributed by atoms with E-state index in [1.807, 2.05) is 24.3 Å². The van der Waals surface area contributed by atoms with Gasteiger partial charge in [-0.05, 0) is 17.7 Å². The summed E-state index contributed by atoms with van der Waals surface area (Å²) in [7, 11) is 0. The van der Waals surface area contributed by atoms with Gasteiger partial charge in [-0.2, -0.15) is 0 Å². The van der Waals surface area contributed by atoms with Gasteiger partial charge in [0.1, 0.15) is 0 Å². The normalized spacial score (nSPS) is 18.8. The number of nitrogens with two attached hydrogens (primary N) is 1. The van der Waals surface area contributed by atoms with Crippen LogP contribution in [-0.2, 0) is 4.79 Å². The number of benzene rings is 1. The number of nitrogens with zero attached hydrogens (tertiary/aromatic N) is 1. The van der Waals surface area contributed by atoms with Crippen LogP contribution in [0.5, 0.6) is 0 Å². The second-order valence-electron chi connectivity index (χ2n) is 4.13. The summed E-state index contributed by atoms with van der Waals surface area (Å²) in [5, 5.41) is 3.50. The summed E-state index contributed by atoms with van der Waals surface area (Å²) in [6.07, 6.45) is 0. The minimum atomic E-state index is 0.0525. The molecule has 0 saturated carbocycles. The highest BCUT2D eigenvalue weighted by Crippen LogP contribution is 2.22. The predicted octanol–water partition coefficient (Wildman–Crippen LogP) is 0.772. The van der Waals surface area contributed by atoms with Crippen LogP contribution in [0.1, 0.15) is 11.6 Å². The Morgan fingerprint density at radius 3 is 3.00 bits per heavy atom. The molecule has 92 valence electrons. The topological polar surface area (TPSA) is 58.4 Å². The molecule has 3 N–H and O–H groups in total. The Labute approximate surface area is 106 Å². The van der Waals surface area contributed by atoms with Crippen LogP contribution in [0, 0.1) is 0 Å². The number of carbonyl (C=O) groups excluding carboxylic acids is 1. The van der Waals surface area contributed by atoms with Crippen molar-refractivity contribution in [3.8, 4) is 0 Å². The van der Waals surface area contributed by atoms with Gasteiger partial charge in [0.15, 0.2) is 0 Å². The van der Waals surface area contributed by atoms with Crippen molar-refractivity contribution in [2.75, 3.05) is 26.2 Å². The zero-order chi connectivity index (χ0) is 12.3. The van der Waals surface area contributed by atoms with E-state index in [-0.39, 0.29) is 11.9 Å². The highest BCUT2D eigenvalue weighted by Gasteiger charge is 2.24. The fraction of sp³-hybridized carbons (Fsp3) is 0.417. The Balaban J connectivity index is 2.18. The largest absolute Gasteiger partial charge is 0.354 e. The van der Waals surface area contributed by atoms with E-state index < -0.39 is 0 Å². The van der Waals surface area contributed by atoms with Crippen molar-refractivity contribution in [1.82, 2.24) is 10.2 Å². The monoisotopic (exact) mass is 253 g/mol.